The molecule has 0 aromatic heterocycles. The molecule has 4 heteroatoms. The van der Waals surface area contributed by atoms with Crippen molar-refractivity contribution in [3.05, 3.63) is 35.4 Å². The van der Waals surface area contributed by atoms with E-state index in [2.05, 4.69) is 0 Å². The highest BCUT2D eigenvalue weighted by atomic mass is 32.2. The van der Waals surface area contributed by atoms with Crippen molar-refractivity contribution in [1.82, 2.24) is 0 Å². The Hall–Kier alpha value is -0.900. The van der Waals surface area contributed by atoms with Gasteiger partial charge in [-0.1, -0.05) is 6.07 Å². The first-order valence-electron chi connectivity index (χ1n) is 4.71. The van der Waals surface area contributed by atoms with Crippen LogP contribution in [0.15, 0.2) is 18.2 Å². The summed E-state index contributed by atoms with van der Waals surface area (Å²) < 4.78 is 25.9. The average molecular weight is 228 g/mol. The van der Waals surface area contributed by atoms with Crippen molar-refractivity contribution in [3.63, 3.8) is 0 Å². The SMILES string of the molecule is O=C1CSCC1Cc1ccc(F)cc1F. The van der Waals surface area contributed by atoms with Gasteiger partial charge in [-0.15, -0.1) is 0 Å². The highest BCUT2D eigenvalue weighted by Crippen LogP contribution is 2.24. The fourth-order valence-electron chi connectivity index (χ4n) is 1.64. The van der Waals surface area contributed by atoms with Gasteiger partial charge in [0, 0.05) is 17.7 Å². The Labute approximate surface area is 90.9 Å². The zero-order chi connectivity index (χ0) is 10.8. The summed E-state index contributed by atoms with van der Waals surface area (Å²) in [6.07, 6.45) is 0.387. The summed E-state index contributed by atoms with van der Waals surface area (Å²) in [5.74, 6) is 0.199. The van der Waals surface area contributed by atoms with Crippen LogP contribution in [0.4, 0.5) is 8.78 Å². The molecule has 0 spiro atoms. The standard InChI is InChI=1S/C11H10F2OS/c12-9-2-1-7(10(13)4-9)3-8-5-15-6-11(8)14/h1-2,4,8H,3,5-6H2. The van der Waals surface area contributed by atoms with Crippen LogP contribution in [0, 0.1) is 17.6 Å². The number of carbonyl (C=O) groups excluding carboxylic acids is 1. The van der Waals surface area contributed by atoms with Gasteiger partial charge in [-0.2, -0.15) is 11.8 Å². The van der Waals surface area contributed by atoms with E-state index < -0.39 is 11.6 Å². The van der Waals surface area contributed by atoms with Crippen molar-refractivity contribution in [3.8, 4) is 0 Å². The van der Waals surface area contributed by atoms with E-state index in [9.17, 15) is 13.6 Å². The first-order valence-corrected chi connectivity index (χ1v) is 5.86. The number of halogens is 2. The Morgan fingerprint density at radius 1 is 1.40 bits per heavy atom. The summed E-state index contributed by atoms with van der Waals surface area (Å²) in [6, 6.07) is 3.51. The van der Waals surface area contributed by atoms with Gasteiger partial charge in [0.05, 0.1) is 5.75 Å². The third-order valence-electron chi connectivity index (χ3n) is 2.50. The summed E-state index contributed by atoms with van der Waals surface area (Å²) in [5, 5.41) is 0. The van der Waals surface area contributed by atoms with E-state index >= 15 is 0 Å². The molecule has 2 rings (SSSR count). The van der Waals surface area contributed by atoms with Crippen LogP contribution in [-0.4, -0.2) is 17.3 Å². The largest absolute Gasteiger partial charge is 0.298 e. The summed E-state index contributed by atoms with van der Waals surface area (Å²) >= 11 is 1.57. The molecule has 1 fully saturated rings. The lowest BCUT2D eigenvalue weighted by Gasteiger charge is -2.07. The lowest BCUT2D eigenvalue weighted by Crippen LogP contribution is -2.14. The van der Waals surface area contributed by atoms with Gasteiger partial charge in [-0.05, 0) is 18.1 Å². The maximum absolute atomic E-state index is 13.3. The van der Waals surface area contributed by atoms with Crippen molar-refractivity contribution in [2.75, 3.05) is 11.5 Å². The Kier molecular flexibility index (Phi) is 3.05. The van der Waals surface area contributed by atoms with Crippen molar-refractivity contribution >= 4 is 17.5 Å². The summed E-state index contributed by atoms with van der Waals surface area (Å²) in [6.45, 7) is 0. The zero-order valence-corrected chi connectivity index (χ0v) is 8.82. The molecule has 1 unspecified atom stereocenters. The smallest absolute Gasteiger partial charge is 0.146 e. The second kappa shape index (κ2) is 4.31. The fraction of sp³-hybridized carbons (Fsp3) is 0.364. The maximum Gasteiger partial charge on any atom is 0.146 e. The predicted molar refractivity (Wildman–Crippen MR) is 55.9 cm³/mol. The van der Waals surface area contributed by atoms with Crippen LogP contribution in [0.25, 0.3) is 0 Å². The number of hydrogen-bond donors (Lipinski definition) is 0. The summed E-state index contributed by atoms with van der Waals surface area (Å²) in [5.41, 5.74) is 0.428. The Bertz CT molecular complexity index is 392. The molecule has 80 valence electrons. The fourth-order valence-corrected chi connectivity index (χ4v) is 2.78. The molecule has 1 heterocycles. The second-order valence-electron chi connectivity index (χ2n) is 3.62. The average Bonchev–Trinajstić information content (AvgIpc) is 2.57. The molecule has 1 aromatic carbocycles. The van der Waals surface area contributed by atoms with Gasteiger partial charge >= 0.3 is 0 Å². The second-order valence-corrected chi connectivity index (χ2v) is 4.65. The molecule has 1 aliphatic heterocycles. The van der Waals surface area contributed by atoms with E-state index in [1.807, 2.05) is 0 Å². The summed E-state index contributed by atoms with van der Waals surface area (Å²) in [4.78, 5) is 11.3. The predicted octanol–water partition coefficient (Wildman–Crippen LogP) is 2.44. The molecule has 0 bridgehead atoms. The van der Waals surface area contributed by atoms with Crippen LogP contribution >= 0.6 is 11.8 Å². The van der Waals surface area contributed by atoms with E-state index in [-0.39, 0.29) is 11.7 Å². The molecule has 0 aliphatic carbocycles. The molecule has 1 aliphatic rings. The van der Waals surface area contributed by atoms with Gasteiger partial charge < -0.3 is 0 Å². The molecule has 0 saturated carbocycles. The lowest BCUT2D eigenvalue weighted by molar-refractivity contribution is -0.119. The molecule has 1 saturated heterocycles. The van der Waals surface area contributed by atoms with Gasteiger partial charge in [0.2, 0.25) is 0 Å². The molecule has 1 nitrogen and oxygen atoms in total. The highest BCUT2D eigenvalue weighted by molar-refractivity contribution is 8.00. The Morgan fingerprint density at radius 2 is 2.20 bits per heavy atom. The van der Waals surface area contributed by atoms with Crippen LogP contribution in [0.2, 0.25) is 0 Å². The molecule has 1 aromatic rings. The topological polar surface area (TPSA) is 17.1 Å². The normalized spacial score (nSPS) is 20.9. The third kappa shape index (κ3) is 2.37. The van der Waals surface area contributed by atoms with Gasteiger partial charge in [-0.3, -0.25) is 4.79 Å². The molecular formula is C11H10F2OS. The van der Waals surface area contributed by atoms with Gasteiger partial charge in [-0.25, -0.2) is 8.78 Å². The number of benzene rings is 1. The highest BCUT2D eigenvalue weighted by Gasteiger charge is 2.25. The van der Waals surface area contributed by atoms with Crippen molar-refractivity contribution < 1.29 is 13.6 Å². The minimum atomic E-state index is -0.580. The van der Waals surface area contributed by atoms with E-state index in [0.29, 0.717) is 17.7 Å². The third-order valence-corrected chi connectivity index (χ3v) is 3.63. The Balaban J connectivity index is 2.13. The number of rotatable bonds is 2. The molecule has 0 N–H and O–H groups in total. The molecule has 1 atom stereocenters. The monoisotopic (exact) mass is 228 g/mol. The zero-order valence-electron chi connectivity index (χ0n) is 8.00. The van der Waals surface area contributed by atoms with Crippen LogP contribution in [0.3, 0.4) is 0 Å². The summed E-state index contributed by atoms with van der Waals surface area (Å²) in [7, 11) is 0. The van der Waals surface area contributed by atoms with Crippen LogP contribution in [0.1, 0.15) is 5.56 Å². The van der Waals surface area contributed by atoms with Gasteiger partial charge in [0.15, 0.2) is 0 Å². The van der Waals surface area contributed by atoms with Crippen molar-refractivity contribution in [2.24, 2.45) is 5.92 Å². The minimum absolute atomic E-state index is 0.102. The van der Waals surface area contributed by atoms with Crippen molar-refractivity contribution in [2.45, 2.75) is 6.42 Å². The molecule has 15 heavy (non-hydrogen) atoms. The number of thioether (sulfide) groups is 1. The van der Waals surface area contributed by atoms with Crippen LogP contribution < -0.4 is 0 Å². The minimum Gasteiger partial charge on any atom is -0.298 e. The van der Waals surface area contributed by atoms with Gasteiger partial charge in [0.25, 0.3) is 0 Å². The number of Topliss-reactive ketones (excluding diaryl/α,β-unsaturated/α-hetero) is 1. The van der Waals surface area contributed by atoms with E-state index in [4.69, 9.17) is 0 Å². The molecule has 0 amide bonds. The van der Waals surface area contributed by atoms with E-state index in [0.717, 1.165) is 11.8 Å². The number of carbonyl (C=O) groups is 1. The maximum atomic E-state index is 13.3. The molecule has 0 radical (unpaired) electrons. The lowest BCUT2D eigenvalue weighted by atomic mass is 9.97. The number of hydrogen-bond acceptors (Lipinski definition) is 2. The van der Waals surface area contributed by atoms with Crippen molar-refractivity contribution in [1.29, 1.82) is 0 Å². The van der Waals surface area contributed by atoms with Crippen LogP contribution in [0.5, 0.6) is 0 Å². The van der Waals surface area contributed by atoms with Crippen LogP contribution in [-0.2, 0) is 11.2 Å². The first kappa shape index (κ1) is 10.6. The molecular weight excluding hydrogens is 218 g/mol. The first-order chi connectivity index (χ1) is 7.16. The van der Waals surface area contributed by atoms with E-state index in [1.165, 1.54) is 12.1 Å². The number of ketones is 1. The van der Waals surface area contributed by atoms with E-state index in [1.54, 1.807) is 11.8 Å². The van der Waals surface area contributed by atoms with Gasteiger partial charge in [0.1, 0.15) is 17.4 Å². The Morgan fingerprint density at radius 3 is 2.80 bits per heavy atom. The quantitative estimate of drug-likeness (QED) is 0.773.